The van der Waals surface area contributed by atoms with E-state index in [0.29, 0.717) is 10.8 Å². The van der Waals surface area contributed by atoms with E-state index in [-0.39, 0.29) is 6.61 Å². The van der Waals surface area contributed by atoms with E-state index in [1.165, 1.54) is 7.05 Å². The van der Waals surface area contributed by atoms with Crippen LogP contribution < -0.4 is 15.4 Å². The summed E-state index contributed by atoms with van der Waals surface area (Å²) in [5.74, 6) is -0.998. The van der Waals surface area contributed by atoms with Crippen molar-refractivity contribution in [3.05, 3.63) is 41.4 Å². The number of amides is 3. The van der Waals surface area contributed by atoms with Crippen molar-refractivity contribution >= 4 is 40.3 Å². The summed E-state index contributed by atoms with van der Waals surface area (Å²) < 4.78 is 10.2. The minimum Gasteiger partial charge on any atom is -0.481 e. The molecule has 0 bridgehead atoms. The average molecular weight is 351 g/mol. The molecule has 0 saturated heterocycles. The van der Waals surface area contributed by atoms with E-state index < -0.39 is 24.5 Å². The third-order valence-electron chi connectivity index (χ3n) is 3.02. The Labute approximate surface area is 142 Å². The fraction of sp³-hybridized carbons (Fsp3) is 0.188. The molecule has 0 unspecified atom stereocenters. The van der Waals surface area contributed by atoms with Crippen molar-refractivity contribution in [2.75, 3.05) is 20.3 Å². The summed E-state index contributed by atoms with van der Waals surface area (Å²) >= 11 is 6.11. The molecule has 0 aliphatic rings. The number of fused-ring (bicyclic) bond motifs is 1. The van der Waals surface area contributed by atoms with Crippen LogP contribution in [0.2, 0.25) is 5.02 Å². The highest BCUT2D eigenvalue weighted by Gasteiger charge is 2.12. The van der Waals surface area contributed by atoms with Gasteiger partial charge in [0, 0.05) is 22.8 Å². The molecule has 0 radical (unpaired) electrons. The van der Waals surface area contributed by atoms with Gasteiger partial charge in [0.1, 0.15) is 5.75 Å². The molecule has 0 aliphatic carbocycles. The van der Waals surface area contributed by atoms with Crippen LogP contribution in [-0.4, -0.2) is 38.2 Å². The van der Waals surface area contributed by atoms with Crippen LogP contribution >= 0.6 is 11.6 Å². The first-order valence-corrected chi connectivity index (χ1v) is 7.36. The molecular weight excluding hydrogens is 336 g/mol. The largest absolute Gasteiger partial charge is 0.481 e. The van der Waals surface area contributed by atoms with Gasteiger partial charge < -0.3 is 14.8 Å². The lowest BCUT2D eigenvalue weighted by molar-refractivity contribution is -0.150. The van der Waals surface area contributed by atoms with Gasteiger partial charge in [-0.1, -0.05) is 35.9 Å². The number of halogens is 1. The standard InChI is InChI=1S/C16H15ClN2O5/c1-18-16(22)19-14(20)8-24-15(21)9-23-13-7-6-12(17)10-4-2-3-5-11(10)13/h2-7H,8-9H2,1H3,(H2,18,19,20,22). The molecule has 126 valence electrons. The number of esters is 1. The summed E-state index contributed by atoms with van der Waals surface area (Å²) in [6, 6.07) is 9.96. The maximum atomic E-state index is 11.6. The molecule has 7 nitrogen and oxygen atoms in total. The first kappa shape index (κ1) is 17.6. The van der Waals surface area contributed by atoms with Crippen LogP contribution in [0.4, 0.5) is 4.79 Å². The number of urea groups is 1. The third kappa shape index (κ3) is 4.60. The van der Waals surface area contributed by atoms with E-state index in [0.717, 1.165) is 10.8 Å². The molecule has 0 heterocycles. The highest BCUT2D eigenvalue weighted by atomic mass is 35.5. The number of hydrogen-bond acceptors (Lipinski definition) is 5. The van der Waals surface area contributed by atoms with Gasteiger partial charge in [-0.3, -0.25) is 10.1 Å². The number of rotatable bonds is 5. The maximum absolute atomic E-state index is 11.6. The number of carbonyl (C=O) groups is 3. The summed E-state index contributed by atoms with van der Waals surface area (Å²) in [5.41, 5.74) is 0. The molecule has 0 aliphatic heterocycles. The van der Waals surface area contributed by atoms with Crippen LogP contribution in [0.25, 0.3) is 10.8 Å². The Balaban J connectivity index is 1.90. The summed E-state index contributed by atoms with van der Waals surface area (Å²) in [6.45, 7) is -0.949. The smallest absolute Gasteiger partial charge is 0.344 e. The van der Waals surface area contributed by atoms with Gasteiger partial charge in [0.2, 0.25) is 0 Å². The molecule has 3 amide bonds. The zero-order valence-corrected chi connectivity index (χ0v) is 13.6. The Bertz CT molecular complexity index is 778. The molecular formula is C16H15ClN2O5. The fourth-order valence-corrected chi connectivity index (χ4v) is 2.14. The van der Waals surface area contributed by atoms with E-state index in [1.54, 1.807) is 12.1 Å². The average Bonchev–Trinajstić information content (AvgIpc) is 2.59. The van der Waals surface area contributed by atoms with E-state index in [2.05, 4.69) is 5.32 Å². The monoisotopic (exact) mass is 350 g/mol. The zero-order chi connectivity index (χ0) is 17.5. The van der Waals surface area contributed by atoms with Gasteiger partial charge in [0.05, 0.1) is 0 Å². The van der Waals surface area contributed by atoms with Crippen molar-refractivity contribution in [3.8, 4) is 5.75 Å². The molecule has 0 aromatic heterocycles. The topological polar surface area (TPSA) is 93.7 Å². The summed E-state index contributed by atoms with van der Waals surface area (Å²) in [7, 11) is 1.36. The lowest BCUT2D eigenvalue weighted by Gasteiger charge is -2.10. The van der Waals surface area contributed by atoms with Gasteiger partial charge in [-0.25, -0.2) is 9.59 Å². The van der Waals surface area contributed by atoms with E-state index >= 15 is 0 Å². The molecule has 2 aromatic rings. The Morgan fingerprint density at radius 3 is 2.46 bits per heavy atom. The number of hydrogen-bond donors (Lipinski definition) is 2. The Hall–Kier alpha value is -2.80. The second kappa shape index (κ2) is 8.16. The Morgan fingerprint density at radius 1 is 1.04 bits per heavy atom. The number of ether oxygens (including phenoxy) is 2. The first-order valence-electron chi connectivity index (χ1n) is 6.98. The van der Waals surface area contributed by atoms with Crippen LogP contribution in [0, 0.1) is 0 Å². The number of nitrogens with one attached hydrogen (secondary N) is 2. The quantitative estimate of drug-likeness (QED) is 0.803. The highest BCUT2D eigenvalue weighted by molar-refractivity contribution is 6.35. The van der Waals surface area contributed by atoms with Crippen molar-refractivity contribution in [1.82, 2.24) is 10.6 Å². The van der Waals surface area contributed by atoms with Gasteiger partial charge in [0.15, 0.2) is 13.2 Å². The summed E-state index contributed by atoms with van der Waals surface area (Å²) in [6.07, 6.45) is 0. The normalized spacial score (nSPS) is 10.1. The van der Waals surface area contributed by atoms with Gasteiger partial charge in [-0.15, -0.1) is 0 Å². The summed E-state index contributed by atoms with van der Waals surface area (Å²) in [4.78, 5) is 33.8. The van der Waals surface area contributed by atoms with Crippen LogP contribution in [0.5, 0.6) is 5.75 Å². The molecule has 0 fully saturated rings. The number of carbonyl (C=O) groups excluding carboxylic acids is 3. The van der Waals surface area contributed by atoms with Crippen LogP contribution in [0.1, 0.15) is 0 Å². The van der Waals surface area contributed by atoms with Crippen molar-refractivity contribution < 1.29 is 23.9 Å². The van der Waals surface area contributed by atoms with Gasteiger partial charge in [-0.2, -0.15) is 0 Å². The maximum Gasteiger partial charge on any atom is 0.344 e. The molecule has 8 heteroatoms. The fourth-order valence-electron chi connectivity index (χ4n) is 1.91. The minimum absolute atomic E-state index is 0.376. The molecule has 0 saturated carbocycles. The molecule has 2 rings (SSSR count). The van der Waals surface area contributed by atoms with Crippen LogP contribution in [0.15, 0.2) is 36.4 Å². The third-order valence-corrected chi connectivity index (χ3v) is 3.35. The van der Waals surface area contributed by atoms with Crippen LogP contribution in [0.3, 0.4) is 0 Å². The molecule has 0 atom stereocenters. The Morgan fingerprint density at radius 2 is 1.75 bits per heavy atom. The summed E-state index contributed by atoms with van der Waals surface area (Å²) in [5, 5.41) is 6.31. The lowest BCUT2D eigenvalue weighted by atomic mass is 10.1. The highest BCUT2D eigenvalue weighted by Crippen LogP contribution is 2.31. The number of imide groups is 1. The predicted molar refractivity (Wildman–Crippen MR) is 88.0 cm³/mol. The van der Waals surface area contributed by atoms with Crippen molar-refractivity contribution in [2.45, 2.75) is 0 Å². The molecule has 2 aromatic carbocycles. The second-order valence-corrected chi connectivity index (χ2v) is 5.07. The number of benzene rings is 2. The van der Waals surface area contributed by atoms with Crippen molar-refractivity contribution in [2.24, 2.45) is 0 Å². The lowest BCUT2D eigenvalue weighted by Crippen LogP contribution is -2.40. The van der Waals surface area contributed by atoms with E-state index in [4.69, 9.17) is 21.1 Å². The minimum atomic E-state index is -0.736. The van der Waals surface area contributed by atoms with E-state index in [9.17, 15) is 14.4 Å². The van der Waals surface area contributed by atoms with Crippen LogP contribution in [-0.2, 0) is 14.3 Å². The first-order chi connectivity index (χ1) is 11.5. The second-order valence-electron chi connectivity index (χ2n) is 4.67. The van der Waals surface area contributed by atoms with Gasteiger partial charge in [-0.05, 0) is 12.1 Å². The van der Waals surface area contributed by atoms with E-state index in [1.807, 2.05) is 29.6 Å². The predicted octanol–water partition coefficient (Wildman–Crippen LogP) is 1.87. The van der Waals surface area contributed by atoms with Gasteiger partial charge >= 0.3 is 12.0 Å². The molecule has 24 heavy (non-hydrogen) atoms. The SMILES string of the molecule is CNC(=O)NC(=O)COC(=O)COc1ccc(Cl)c2ccccc12. The zero-order valence-electron chi connectivity index (χ0n) is 12.8. The Kier molecular flexibility index (Phi) is 5.97. The molecule has 2 N–H and O–H groups in total. The molecule has 0 spiro atoms. The van der Waals surface area contributed by atoms with Crippen molar-refractivity contribution in [3.63, 3.8) is 0 Å². The van der Waals surface area contributed by atoms with Gasteiger partial charge in [0.25, 0.3) is 5.91 Å². The van der Waals surface area contributed by atoms with Crippen molar-refractivity contribution in [1.29, 1.82) is 0 Å².